The Morgan fingerprint density at radius 2 is 2.31 bits per heavy atom. The molecule has 0 amide bonds. The molecule has 2 rings (SSSR count). The molecule has 0 heterocycles. The van der Waals surface area contributed by atoms with E-state index < -0.39 is 0 Å². The van der Waals surface area contributed by atoms with E-state index in [2.05, 4.69) is 17.4 Å². The molecule has 1 aliphatic rings. The number of hydrogen-bond donors (Lipinski definition) is 1. The van der Waals surface area contributed by atoms with Gasteiger partial charge in [0.15, 0.2) is 6.79 Å². The largest absolute Gasteiger partial charge is 0.467 e. The fourth-order valence-electron chi connectivity index (χ4n) is 2.37. The number of nitrogens with one attached hydrogen (secondary N) is 1. The van der Waals surface area contributed by atoms with Gasteiger partial charge in [0.25, 0.3) is 0 Å². The molecule has 0 aliphatic heterocycles. The van der Waals surface area contributed by atoms with Gasteiger partial charge in [0, 0.05) is 13.2 Å². The molecule has 0 saturated heterocycles. The van der Waals surface area contributed by atoms with E-state index in [0.29, 0.717) is 12.8 Å². The third-order valence-corrected chi connectivity index (χ3v) is 3.15. The second kappa shape index (κ2) is 5.32. The molecule has 1 aromatic carbocycles. The lowest BCUT2D eigenvalue weighted by Gasteiger charge is -2.26. The molecule has 0 radical (unpaired) electrons. The van der Waals surface area contributed by atoms with Crippen LogP contribution in [-0.4, -0.2) is 21.0 Å². The standard InChI is InChI=1S/C13H19NO2/c1-14-12-7-3-6-11-10(12)5-4-8-13(11)16-9-15-2/h4-5,8,12,14H,3,6-7,9H2,1-2H3. The summed E-state index contributed by atoms with van der Waals surface area (Å²) < 4.78 is 10.5. The van der Waals surface area contributed by atoms with Crippen LogP contribution in [0.2, 0.25) is 0 Å². The molecule has 3 heteroatoms. The summed E-state index contributed by atoms with van der Waals surface area (Å²) in [6, 6.07) is 6.74. The number of benzene rings is 1. The summed E-state index contributed by atoms with van der Waals surface area (Å²) in [4.78, 5) is 0. The first-order chi connectivity index (χ1) is 7.86. The number of ether oxygens (including phenoxy) is 2. The molecule has 1 aliphatic carbocycles. The molecule has 0 aromatic heterocycles. The van der Waals surface area contributed by atoms with Crippen LogP contribution in [0, 0.1) is 0 Å². The number of hydrogen-bond acceptors (Lipinski definition) is 3. The molecular formula is C13H19NO2. The Kier molecular flexibility index (Phi) is 3.80. The van der Waals surface area contributed by atoms with E-state index in [1.807, 2.05) is 13.1 Å². The van der Waals surface area contributed by atoms with Gasteiger partial charge >= 0.3 is 0 Å². The maximum Gasteiger partial charge on any atom is 0.188 e. The van der Waals surface area contributed by atoms with E-state index in [9.17, 15) is 0 Å². The second-order valence-electron chi connectivity index (χ2n) is 4.11. The first kappa shape index (κ1) is 11.4. The molecule has 0 bridgehead atoms. The van der Waals surface area contributed by atoms with Crippen LogP contribution >= 0.6 is 0 Å². The van der Waals surface area contributed by atoms with E-state index in [1.54, 1.807) is 7.11 Å². The van der Waals surface area contributed by atoms with Crippen LogP contribution in [-0.2, 0) is 11.2 Å². The molecule has 0 saturated carbocycles. The molecule has 1 atom stereocenters. The molecule has 88 valence electrons. The third kappa shape index (κ3) is 2.20. The average molecular weight is 221 g/mol. The number of rotatable bonds is 4. The second-order valence-corrected chi connectivity index (χ2v) is 4.11. The highest BCUT2D eigenvalue weighted by Gasteiger charge is 2.21. The highest BCUT2D eigenvalue weighted by molar-refractivity contribution is 5.43. The van der Waals surface area contributed by atoms with Gasteiger partial charge in [-0.15, -0.1) is 0 Å². The lowest BCUT2D eigenvalue weighted by molar-refractivity contribution is 0.0502. The van der Waals surface area contributed by atoms with E-state index in [-0.39, 0.29) is 0 Å². The summed E-state index contributed by atoms with van der Waals surface area (Å²) in [6.45, 7) is 0.320. The van der Waals surface area contributed by atoms with E-state index >= 15 is 0 Å². The Morgan fingerprint density at radius 1 is 1.44 bits per heavy atom. The van der Waals surface area contributed by atoms with Gasteiger partial charge in [-0.25, -0.2) is 0 Å². The van der Waals surface area contributed by atoms with Crippen molar-refractivity contribution in [2.45, 2.75) is 25.3 Å². The van der Waals surface area contributed by atoms with Crippen molar-refractivity contribution in [3.63, 3.8) is 0 Å². The quantitative estimate of drug-likeness (QED) is 0.791. The Labute approximate surface area is 96.8 Å². The molecule has 1 N–H and O–H groups in total. The van der Waals surface area contributed by atoms with Gasteiger partial charge in [-0.1, -0.05) is 12.1 Å². The van der Waals surface area contributed by atoms with Crippen LogP contribution in [0.25, 0.3) is 0 Å². The summed E-state index contributed by atoms with van der Waals surface area (Å²) in [5.74, 6) is 0.972. The summed E-state index contributed by atoms with van der Waals surface area (Å²) in [6.07, 6.45) is 3.52. The zero-order valence-corrected chi connectivity index (χ0v) is 9.95. The molecule has 0 fully saturated rings. The fourth-order valence-corrected chi connectivity index (χ4v) is 2.37. The van der Waals surface area contributed by atoms with Gasteiger partial charge in [0.2, 0.25) is 0 Å². The molecule has 1 unspecified atom stereocenters. The predicted octanol–water partition coefficient (Wildman–Crippen LogP) is 2.27. The summed E-state index contributed by atoms with van der Waals surface area (Å²) in [7, 11) is 3.66. The van der Waals surface area contributed by atoms with Gasteiger partial charge in [0.1, 0.15) is 5.75 Å². The van der Waals surface area contributed by atoms with Crippen LogP contribution < -0.4 is 10.1 Å². The minimum absolute atomic E-state index is 0.320. The van der Waals surface area contributed by atoms with Crippen molar-refractivity contribution < 1.29 is 9.47 Å². The molecule has 16 heavy (non-hydrogen) atoms. The van der Waals surface area contributed by atoms with Crippen LogP contribution in [0.3, 0.4) is 0 Å². The monoisotopic (exact) mass is 221 g/mol. The Morgan fingerprint density at radius 3 is 3.06 bits per heavy atom. The molecule has 0 spiro atoms. The first-order valence-corrected chi connectivity index (χ1v) is 5.77. The smallest absolute Gasteiger partial charge is 0.188 e. The maximum atomic E-state index is 5.60. The van der Waals surface area contributed by atoms with Crippen LogP contribution in [0.15, 0.2) is 18.2 Å². The average Bonchev–Trinajstić information content (AvgIpc) is 2.35. The lowest BCUT2D eigenvalue weighted by Crippen LogP contribution is -2.22. The highest BCUT2D eigenvalue weighted by Crippen LogP contribution is 2.34. The van der Waals surface area contributed by atoms with Gasteiger partial charge in [-0.3, -0.25) is 0 Å². The van der Waals surface area contributed by atoms with Crippen molar-refractivity contribution in [3.8, 4) is 5.75 Å². The SMILES string of the molecule is CNC1CCCc2c(OCOC)cccc21. The minimum atomic E-state index is 0.320. The van der Waals surface area contributed by atoms with Crippen molar-refractivity contribution >= 4 is 0 Å². The molecule has 3 nitrogen and oxygen atoms in total. The summed E-state index contributed by atoms with van der Waals surface area (Å²) in [5, 5.41) is 3.36. The van der Waals surface area contributed by atoms with E-state index in [0.717, 1.165) is 12.2 Å². The van der Waals surface area contributed by atoms with Gasteiger partial charge in [-0.05, 0) is 43.5 Å². The first-order valence-electron chi connectivity index (χ1n) is 5.77. The third-order valence-electron chi connectivity index (χ3n) is 3.15. The highest BCUT2D eigenvalue weighted by atomic mass is 16.7. The normalized spacial score (nSPS) is 19.2. The van der Waals surface area contributed by atoms with Gasteiger partial charge in [-0.2, -0.15) is 0 Å². The van der Waals surface area contributed by atoms with Gasteiger partial charge < -0.3 is 14.8 Å². The van der Waals surface area contributed by atoms with Crippen LogP contribution in [0.5, 0.6) is 5.75 Å². The van der Waals surface area contributed by atoms with Gasteiger partial charge in [0.05, 0.1) is 0 Å². The Hall–Kier alpha value is -1.06. The fraction of sp³-hybridized carbons (Fsp3) is 0.538. The minimum Gasteiger partial charge on any atom is -0.467 e. The summed E-state index contributed by atoms with van der Waals surface area (Å²) in [5.41, 5.74) is 2.72. The number of fused-ring (bicyclic) bond motifs is 1. The predicted molar refractivity (Wildman–Crippen MR) is 63.7 cm³/mol. The summed E-state index contributed by atoms with van der Waals surface area (Å²) >= 11 is 0. The van der Waals surface area contributed by atoms with Crippen molar-refractivity contribution in [2.75, 3.05) is 21.0 Å². The van der Waals surface area contributed by atoms with Crippen molar-refractivity contribution in [1.82, 2.24) is 5.32 Å². The topological polar surface area (TPSA) is 30.5 Å². The van der Waals surface area contributed by atoms with E-state index in [1.165, 1.54) is 24.0 Å². The Balaban J connectivity index is 2.27. The van der Waals surface area contributed by atoms with Crippen molar-refractivity contribution in [2.24, 2.45) is 0 Å². The molecular weight excluding hydrogens is 202 g/mol. The van der Waals surface area contributed by atoms with E-state index in [4.69, 9.17) is 9.47 Å². The van der Waals surface area contributed by atoms with Crippen LogP contribution in [0.1, 0.15) is 30.0 Å². The zero-order valence-electron chi connectivity index (χ0n) is 9.95. The molecule has 1 aromatic rings. The number of methoxy groups -OCH3 is 1. The zero-order chi connectivity index (χ0) is 11.4. The van der Waals surface area contributed by atoms with Crippen LogP contribution in [0.4, 0.5) is 0 Å². The Bertz CT molecular complexity index is 352. The van der Waals surface area contributed by atoms with Crippen molar-refractivity contribution in [1.29, 1.82) is 0 Å². The van der Waals surface area contributed by atoms with Crippen molar-refractivity contribution in [3.05, 3.63) is 29.3 Å². The maximum absolute atomic E-state index is 5.60. The lowest BCUT2D eigenvalue weighted by atomic mass is 9.87.